The molecule has 0 bridgehead atoms. The van der Waals surface area contributed by atoms with Gasteiger partial charge in [-0.25, -0.2) is 4.79 Å². The average Bonchev–Trinajstić information content (AvgIpc) is 2.35. The summed E-state index contributed by atoms with van der Waals surface area (Å²) in [6.07, 6.45) is 0. The number of nitrogens with one attached hydrogen (secondary N) is 2. The van der Waals surface area contributed by atoms with Crippen LogP contribution in [0.15, 0.2) is 24.3 Å². The molecule has 0 fully saturated rings. The highest BCUT2D eigenvalue weighted by Crippen LogP contribution is 2.11. The van der Waals surface area contributed by atoms with Crippen LogP contribution >= 0.6 is 0 Å². The molecule has 1 rings (SSSR count). The molecular weight excluding hydrogens is 244 g/mol. The first kappa shape index (κ1) is 15.2. The van der Waals surface area contributed by atoms with E-state index in [1.807, 2.05) is 20.8 Å². The second kappa shape index (κ2) is 6.33. The Hall–Kier alpha value is -1.88. The Labute approximate surface area is 113 Å². The van der Waals surface area contributed by atoms with E-state index in [-0.39, 0.29) is 18.0 Å². The Kier molecular flexibility index (Phi) is 5.06. The fourth-order valence-electron chi connectivity index (χ4n) is 1.39. The zero-order valence-electron chi connectivity index (χ0n) is 11.7. The topological polar surface area (TPSA) is 67.4 Å². The van der Waals surface area contributed by atoms with Crippen molar-refractivity contribution >= 4 is 17.6 Å². The smallest absolute Gasteiger partial charge is 0.337 e. The molecule has 0 aromatic heterocycles. The van der Waals surface area contributed by atoms with E-state index in [2.05, 4.69) is 15.4 Å². The molecule has 0 aliphatic carbocycles. The zero-order chi connectivity index (χ0) is 14.5. The number of hydrogen-bond donors (Lipinski definition) is 2. The molecule has 0 heterocycles. The molecule has 0 atom stereocenters. The van der Waals surface area contributed by atoms with Gasteiger partial charge in [0.15, 0.2) is 0 Å². The SMILES string of the molecule is COC(=O)c1cccc(NC(=O)CNC(C)(C)C)c1. The van der Waals surface area contributed by atoms with Gasteiger partial charge in [-0.3, -0.25) is 4.79 Å². The first-order chi connectivity index (χ1) is 8.81. The molecule has 5 heteroatoms. The lowest BCUT2D eigenvalue weighted by Gasteiger charge is -2.20. The molecule has 0 aliphatic heterocycles. The van der Waals surface area contributed by atoms with Crippen molar-refractivity contribution in [3.8, 4) is 0 Å². The van der Waals surface area contributed by atoms with Crippen LogP contribution in [0.2, 0.25) is 0 Å². The summed E-state index contributed by atoms with van der Waals surface area (Å²) in [6, 6.07) is 6.64. The monoisotopic (exact) mass is 264 g/mol. The molecule has 0 spiro atoms. The van der Waals surface area contributed by atoms with Gasteiger partial charge in [-0.2, -0.15) is 0 Å². The van der Waals surface area contributed by atoms with Gasteiger partial charge in [-0.1, -0.05) is 6.07 Å². The van der Waals surface area contributed by atoms with Gasteiger partial charge in [-0.15, -0.1) is 0 Å². The normalized spacial score (nSPS) is 10.9. The van der Waals surface area contributed by atoms with Crippen LogP contribution in [-0.4, -0.2) is 31.1 Å². The van der Waals surface area contributed by atoms with E-state index >= 15 is 0 Å². The van der Waals surface area contributed by atoms with E-state index in [0.717, 1.165) is 0 Å². The number of benzene rings is 1. The molecule has 0 radical (unpaired) electrons. The van der Waals surface area contributed by atoms with Crippen LogP contribution in [0.5, 0.6) is 0 Å². The lowest BCUT2D eigenvalue weighted by Crippen LogP contribution is -2.41. The van der Waals surface area contributed by atoms with Crippen LogP contribution in [0.3, 0.4) is 0 Å². The molecule has 0 saturated heterocycles. The molecule has 1 aromatic rings. The first-order valence-electron chi connectivity index (χ1n) is 6.05. The minimum atomic E-state index is -0.427. The predicted molar refractivity (Wildman–Crippen MR) is 74.2 cm³/mol. The minimum absolute atomic E-state index is 0.120. The van der Waals surface area contributed by atoms with Crippen molar-refractivity contribution in [2.24, 2.45) is 0 Å². The maximum absolute atomic E-state index is 11.7. The number of anilines is 1. The Morgan fingerprint density at radius 1 is 1.26 bits per heavy atom. The summed E-state index contributed by atoms with van der Waals surface area (Å²) in [5.74, 6) is -0.583. The van der Waals surface area contributed by atoms with Crippen molar-refractivity contribution < 1.29 is 14.3 Å². The highest BCUT2D eigenvalue weighted by molar-refractivity contribution is 5.95. The van der Waals surface area contributed by atoms with Crippen molar-refractivity contribution in [3.05, 3.63) is 29.8 Å². The number of hydrogen-bond acceptors (Lipinski definition) is 4. The van der Waals surface area contributed by atoms with E-state index in [1.165, 1.54) is 7.11 Å². The third-order valence-electron chi connectivity index (χ3n) is 2.35. The standard InChI is InChI=1S/C14H20N2O3/c1-14(2,3)15-9-12(17)16-11-7-5-6-10(8-11)13(18)19-4/h5-8,15H,9H2,1-4H3,(H,16,17). The molecule has 0 saturated carbocycles. The summed E-state index contributed by atoms with van der Waals surface area (Å²) >= 11 is 0. The second-order valence-corrected chi connectivity index (χ2v) is 5.22. The van der Waals surface area contributed by atoms with Gasteiger partial charge in [0.1, 0.15) is 0 Å². The van der Waals surface area contributed by atoms with Crippen LogP contribution in [0.1, 0.15) is 31.1 Å². The molecule has 0 aliphatic rings. The third-order valence-corrected chi connectivity index (χ3v) is 2.35. The van der Waals surface area contributed by atoms with Crippen molar-refractivity contribution in [3.63, 3.8) is 0 Å². The predicted octanol–water partition coefficient (Wildman–Crippen LogP) is 1.80. The van der Waals surface area contributed by atoms with Gasteiger partial charge >= 0.3 is 5.97 Å². The summed E-state index contributed by atoms with van der Waals surface area (Å²) in [4.78, 5) is 23.1. The molecule has 104 valence electrons. The summed E-state index contributed by atoms with van der Waals surface area (Å²) in [5, 5.41) is 5.81. The van der Waals surface area contributed by atoms with Crippen LogP contribution in [-0.2, 0) is 9.53 Å². The Balaban J connectivity index is 2.62. The number of carbonyl (C=O) groups is 2. The largest absolute Gasteiger partial charge is 0.465 e. The lowest BCUT2D eigenvalue weighted by atomic mass is 10.1. The van der Waals surface area contributed by atoms with Gasteiger partial charge in [-0.05, 0) is 39.0 Å². The molecule has 1 amide bonds. The first-order valence-corrected chi connectivity index (χ1v) is 6.05. The van der Waals surface area contributed by atoms with E-state index in [4.69, 9.17) is 0 Å². The van der Waals surface area contributed by atoms with Crippen molar-refractivity contribution in [2.75, 3.05) is 19.0 Å². The van der Waals surface area contributed by atoms with Crippen LogP contribution in [0.4, 0.5) is 5.69 Å². The molecule has 1 aromatic carbocycles. The van der Waals surface area contributed by atoms with Crippen LogP contribution in [0.25, 0.3) is 0 Å². The van der Waals surface area contributed by atoms with E-state index in [1.54, 1.807) is 24.3 Å². The summed E-state index contributed by atoms with van der Waals surface area (Å²) in [6.45, 7) is 6.17. The quantitative estimate of drug-likeness (QED) is 0.814. The van der Waals surface area contributed by atoms with Crippen molar-refractivity contribution in [1.82, 2.24) is 5.32 Å². The van der Waals surface area contributed by atoms with Gasteiger partial charge in [0, 0.05) is 11.2 Å². The van der Waals surface area contributed by atoms with Crippen molar-refractivity contribution in [1.29, 1.82) is 0 Å². The van der Waals surface area contributed by atoms with Gasteiger partial charge in [0.05, 0.1) is 19.2 Å². The molecular formula is C14H20N2O3. The van der Waals surface area contributed by atoms with E-state index in [0.29, 0.717) is 11.3 Å². The molecule has 19 heavy (non-hydrogen) atoms. The van der Waals surface area contributed by atoms with Crippen LogP contribution < -0.4 is 10.6 Å². The number of esters is 1. The number of methoxy groups -OCH3 is 1. The maximum Gasteiger partial charge on any atom is 0.337 e. The highest BCUT2D eigenvalue weighted by Gasteiger charge is 2.12. The highest BCUT2D eigenvalue weighted by atomic mass is 16.5. The number of carbonyl (C=O) groups excluding carboxylic acids is 2. The second-order valence-electron chi connectivity index (χ2n) is 5.22. The Bertz CT molecular complexity index is 464. The summed E-state index contributed by atoms with van der Waals surface area (Å²) in [5.41, 5.74) is 0.860. The number of ether oxygens (including phenoxy) is 1. The van der Waals surface area contributed by atoms with E-state index < -0.39 is 5.97 Å². The van der Waals surface area contributed by atoms with E-state index in [9.17, 15) is 9.59 Å². The number of amides is 1. The molecule has 0 unspecified atom stereocenters. The summed E-state index contributed by atoms with van der Waals surface area (Å²) in [7, 11) is 1.32. The Morgan fingerprint density at radius 3 is 2.53 bits per heavy atom. The maximum atomic E-state index is 11.7. The summed E-state index contributed by atoms with van der Waals surface area (Å²) < 4.78 is 4.62. The van der Waals surface area contributed by atoms with Gasteiger partial charge in [0.25, 0.3) is 0 Å². The molecule has 2 N–H and O–H groups in total. The van der Waals surface area contributed by atoms with Crippen molar-refractivity contribution in [2.45, 2.75) is 26.3 Å². The van der Waals surface area contributed by atoms with Gasteiger partial charge < -0.3 is 15.4 Å². The Morgan fingerprint density at radius 2 is 1.95 bits per heavy atom. The fourth-order valence-corrected chi connectivity index (χ4v) is 1.39. The number of rotatable bonds is 4. The van der Waals surface area contributed by atoms with Gasteiger partial charge in [0.2, 0.25) is 5.91 Å². The lowest BCUT2D eigenvalue weighted by molar-refractivity contribution is -0.115. The fraction of sp³-hybridized carbons (Fsp3) is 0.429. The third kappa shape index (κ3) is 5.52. The average molecular weight is 264 g/mol. The zero-order valence-corrected chi connectivity index (χ0v) is 11.7. The minimum Gasteiger partial charge on any atom is -0.465 e. The molecule has 5 nitrogen and oxygen atoms in total. The van der Waals surface area contributed by atoms with Crippen LogP contribution in [0, 0.1) is 0 Å².